The molecule has 0 spiro atoms. The molecule has 0 amide bonds. The van der Waals surface area contributed by atoms with Crippen molar-refractivity contribution >= 4 is 27.5 Å². The van der Waals surface area contributed by atoms with Crippen LogP contribution in [0.5, 0.6) is 11.5 Å². The van der Waals surface area contributed by atoms with Gasteiger partial charge in [0.05, 0.1) is 40.6 Å². The molecule has 0 aliphatic heterocycles. The van der Waals surface area contributed by atoms with Crippen LogP contribution in [0.3, 0.4) is 0 Å². The Morgan fingerprint density at radius 3 is 2.42 bits per heavy atom. The maximum absolute atomic E-state index is 9.52. The van der Waals surface area contributed by atoms with Gasteiger partial charge in [0.25, 0.3) is 0 Å². The topological polar surface area (TPSA) is 73.0 Å². The first-order valence-electron chi connectivity index (χ1n) is 13.8. The molecule has 0 bridgehead atoms. The summed E-state index contributed by atoms with van der Waals surface area (Å²) in [6.45, 7) is 11.8. The number of hydrogen-bond donors (Lipinski definition) is 0. The molecule has 0 N–H and O–H groups in total. The van der Waals surface area contributed by atoms with E-state index in [-0.39, 0.29) is 0 Å². The van der Waals surface area contributed by atoms with Gasteiger partial charge in [-0.25, -0.2) is 14.5 Å². The maximum Gasteiger partial charge on any atom is 0.193 e. The Morgan fingerprint density at radius 2 is 1.65 bits per heavy atom. The maximum atomic E-state index is 9.52. The van der Waals surface area contributed by atoms with Crippen LogP contribution in [0.4, 0.5) is 5.69 Å². The SMILES string of the molecule is [C-]#[N+]c1cc(Oc2ccc3c4cc(C#N)ccc4n(-c4ccccn4)c3c2)cc(-n2nc(C)c(-c3ccccc3)c2C)c1. The minimum absolute atomic E-state index is 0.453. The highest BCUT2D eigenvalue weighted by atomic mass is 16.5. The van der Waals surface area contributed by atoms with Gasteiger partial charge in [0.2, 0.25) is 0 Å². The number of hydrogen-bond acceptors (Lipinski definition) is 4. The minimum Gasteiger partial charge on any atom is -0.459 e. The van der Waals surface area contributed by atoms with E-state index in [1.165, 1.54) is 0 Å². The van der Waals surface area contributed by atoms with Crippen molar-refractivity contribution < 1.29 is 4.74 Å². The molecule has 0 atom stereocenters. The lowest BCUT2D eigenvalue weighted by molar-refractivity contribution is 0.483. The van der Waals surface area contributed by atoms with Crippen LogP contribution in [0.2, 0.25) is 0 Å². The van der Waals surface area contributed by atoms with Gasteiger partial charge in [0.1, 0.15) is 17.3 Å². The summed E-state index contributed by atoms with van der Waals surface area (Å²) in [5, 5.41) is 16.3. The van der Waals surface area contributed by atoms with Crippen molar-refractivity contribution in [3.63, 3.8) is 0 Å². The zero-order valence-corrected chi connectivity index (χ0v) is 23.5. The van der Waals surface area contributed by atoms with Gasteiger partial charge in [0.15, 0.2) is 5.69 Å². The number of ether oxygens (including phenoxy) is 1. The molecule has 7 nitrogen and oxygen atoms in total. The van der Waals surface area contributed by atoms with Gasteiger partial charge in [-0.1, -0.05) is 36.4 Å². The van der Waals surface area contributed by atoms with Crippen LogP contribution in [0, 0.1) is 31.8 Å². The van der Waals surface area contributed by atoms with Crippen molar-refractivity contribution in [1.29, 1.82) is 5.26 Å². The number of benzene rings is 4. The van der Waals surface area contributed by atoms with E-state index in [1.807, 2.05) is 103 Å². The highest BCUT2D eigenvalue weighted by Crippen LogP contribution is 2.37. The summed E-state index contributed by atoms with van der Waals surface area (Å²) in [6.07, 6.45) is 1.76. The molecule has 7 rings (SSSR count). The molecule has 0 saturated heterocycles. The fourth-order valence-electron chi connectivity index (χ4n) is 5.73. The van der Waals surface area contributed by atoms with E-state index in [0.717, 1.165) is 55.8 Å². The molecule has 3 aromatic heterocycles. The Balaban J connectivity index is 1.34. The minimum atomic E-state index is 0.453. The Labute approximate surface area is 248 Å². The zero-order valence-electron chi connectivity index (χ0n) is 23.5. The number of fused-ring (bicyclic) bond motifs is 3. The van der Waals surface area contributed by atoms with E-state index in [0.29, 0.717) is 22.7 Å². The van der Waals surface area contributed by atoms with Crippen LogP contribution < -0.4 is 4.74 Å². The van der Waals surface area contributed by atoms with Crippen LogP contribution in [0.25, 0.3) is 49.3 Å². The summed E-state index contributed by atoms with van der Waals surface area (Å²) in [6, 6.07) is 35.2. The van der Waals surface area contributed by atoms with Gasteiger partial charge in [-0.05, 0) is 74.0 Å². The van der Waals surface area contributed by atoms with Crippen molar-refractivity contribution in [2.45, 2.75) is 13.8 Å². The second kappa shape index (κ2) is 10.3. The van der Waals surface area contributed by atoms with Gasteiger partial charge < -0.3 is 4.74 Å². The summed E-state index contributed by atoms with van der Waals surface area (Å²) >= 11 is 0. The lowest BCUT2D eigenvalue weighted by Gasteiger charge is -2.12. The van der Waals surface area contributed by atoms with Gasteiger partial charge >= 0.3 is 0 Å². The van der Waals surface area contributed by atoms with E-state index in [2.05, 4.69) is 32.6 Å². The van der Waals surface area contributed by atoms with Crippen LogP contribution in [-0.4, -0.2) is 19.3 Å². The summed E-state index contributed by atoms with van der Waals surface area (Å²) in [5.41, 5.74) is 7.70. The van der Waals surface area contributed by atoms with Crippen LogP contribution in [-0.2, 0) is 0 Å². The molecule has 0 fully saturated rings. The molecule has 0 unspecified atom stereocenters. The smallest absolute Gasteiger partial charge is 0.193 e. The number of nitrogens with zero attached hydrogens (tertiary/aromatic N) is 6. The lowest BCUT2D eigenvalue weighted by Crippen LogP contribution is -2.00. The van der Waals surface area contributed by atoms with Crippen molar-refractivity contribution in [2.75, 3.05) is 0 Å². The highest BCUT2D eigenvalue weighted by Gasteiger charge is 2.17. The first-order valence-corrected chi connectivity index (χ1v) is 13.8. The molecule has 7 aromatic rings. The Bertz CT molecular complexity index is 2250. The summed E-state index contributed by atoms with van der Waals surface area (Å²) < 4.78 is 10.4. The number of nitriles is 1. The third-order valence-electron chi connectivity index (χ3n) is 7.58. The Hall–Kier alpha value is -6.18. The van der Waals surface area contributed by atoms with Crippen LogP contribution >= 0.6 is 0 Å². The first kappa shape index (κ1) is 25.8. The van der Waals surface area contributed by atoms with Gasteiger partial charge in [-0.2, -0.15) is 10.4 Å². The molecule has 0 saturated carbocycles. The molecular formula is C36H24N6O. The molecular weight excluding hydrogens is 532 g/mol. The summed E-state index contributed by atoms with van der Waals surface area (Å²) in [4.78, 5) is 8.31. The van der Waals surface area contributed by atoms with Gasteiger partial charge in [0, 0.05) is 40.4 Å². The van der Waals surface area contributed by atoms with Crippen molar-refractivity contribution in [3.8, 4) is 40.2 Å². The first-order chi connectivity index (χ1) is 21.0. The standard InChI is InChI=1S/C36H24N6O/c1-23-36(26-9-5-4-6-10-26)24(2)42(40-23)28-18-27(38-3)19-30(20-28)43-29-13-14-31-32-17-25(22-37)12-15-33(32)41(34(31)21-29)35-11-7-8-16-39-35/h4-21H,1-2H3. The monoisotopic (exact) mass is 556 g/mol. The average molecular weight is 557 g/mol. The summed E-state index contributed by atoms with van der Waals surface area (Å²) in [5.74, 6) is 1.91. The van der Waals surface area contributed by atoms with E-state index >= 15 is 0 Å². The largest absolute Gasteiger partial charge is 0.459 e. The third kappa shape index (κ3) is 4.46. The Kier molecular flexibility index (Phi) is 6.19. The van der Waals surface area contributed by atoms with Crippen molar-refractivity contribution in [1.82, 2.24) is 19.3 Å². The predicted octanol–water partition coefficient (Wildman–Crippen LogP) is 8.86. The predicted molar refractivity (Wildman–Crippen MR) is 168 cm³/mol. The Morgan fingerprint density at radius 1 is 0.814 bits per heavy atom. The molecule has 0 aliphatic rings. The number of aromatic nitrogens is 4. The number of pyridine rings is 1. The van der Waals surface area contributed by atoms with Crippen molar-refractivity contribution in [3.05, 3.63) is 138 Å². The van der Waals surface area contributed by atoms with Gasteiger partial charge in [-0.3, -0.25) is 4.57 Å². The van der Waals surface area contributed by atoms with Crippen LogP contribution in [0.1, 0.15) is 17.0 Å². The van der Waals surface area contributed by atoms with E-state index in [1.54, 1.807) is 12.3 Å². The molecule has 0 aliphatic carbocycles. The second-order valence-electron chi connectivity index (χ2n) is 10.3. The van der Waals surface area contributed by atoms with E-state index in [9.17, 15) is 5.26 Å². The molecule has 43 heavy (non-hydrogen) atoms. The van der Waals surface area contributed by atoms with Crippen molar-refractivity contribution in [2.24, 2.45) is 0 Å². The van der Waals surface area contributed by atoms with E-state index < -0.39 is 0 Å². The molecule has 0 radical (unpaired) electrons. The van der Waals surface area contributed by atoms with Gasteiger partial charge in [-0.15, -0.1) is 0 Å². The molecule has 7 heteroatoms. The third-order valence-corrected chi connectivity index (χ3v) is 7.58. The van der Waals surface area contributed by atoms with Crippen LogP contribution in [0.15, 0.2) is 109 Å². The number of rotatable bonds is 5. The lowest BCUT2D eigenvalue weighted by atomic mass is 10.0. The highest BCUT2D eigenvalue weighted by molar-refractivity contribution is 6.09. The molecule has 4 aromatic carbocycles. The van der Waals surface area contributed by atoms with E-state index in [4.69, 9.17) is 16.4 Å². The normalized spacial score (nSPS) is 11.0. The number of aryl methyl sites for hydroxylation is 1. The molecule has 3 heterocycles. The zero-order chi connectivity index (χ0) is 29.5. The fraction of sp³-hybridized carbons (Fsp3) is 0.0556. The summed E-state index contributed by atoms with van der Waals surface area (Å²) in [7, 11) is 0. The molecule has 204 valence electrons. The second-order valence-corrected chi connectivity index (χ2v) is 10.3. The average Bonchev–Trinajstić information content (AvgIpc) is 3.53. The quantitative estimate of drug-likeness (QED) is 0.199. The fourth-order valence-corrected chi connectivity index (χ4v) is 5.73.